The molecule has 2 atom stereocenters. The van der Waals surface area contributed by atoms with Crippen LogP contribution in [0.1, 0.15) is 41.0 Å². The van der Waals surface area contributed by atoms with Crippen molar-refractivity contribution in [2.75, 3.05) is 4.90 Å². The lowest BCUT2D eigenvalue weighted by atomic mass is 9.87. The number of fused-ring (bicyclic) bond motifs is 10. The molecule has 0 saturated heterocycles. The van der Waals surface area contributed by atoms with Crippen molar-refractivity contribution < 1.29 is 0 Å². The molecule has 51 heavy (non-hydrogen) atoms. The Balaban J connectivity index is 1.08. The van der Waals surface area contributed by atoms with Crippen molar-refractivity contribution in [1.29, 1.82) is 0 Å². The summed E-state index contributed by atoms with van der Waals surface area (Å²) in [5.41, 5.74) is 13.6. The van der Waals surface area contributed by atoms with Gasteiger partial charge in [-0.3, -0.25) is 0 Å². The maximum absolute atomic E-state index is 2.61. The summed E-state index contributed by atoms with van der Waals surface area (Å²) in [5, 5.41) is 5.90. The minimum absolute atomic E-state index is 0.503. The fraction of sp³-hybridized carbons (Fsp3) is 0.106. The molecule has 0 amide bonds. The van der Waals surface area contributed by atoms with E-state index in [0.717, 1.165) is 19.3 Å². The average molecular weight is 706 g/mol. The smallest absolute Gasteiger partial charge is 0.101 e. The molecule has 0 fully saturated rings. The molecule has 2 aliphatic carbocycles. The first-order valence-corrected chi connectivity index (χ1v) is 22.1. The second-order valence-electron chi connectivity index (χ2n) is 14.3. The number of thioether (sulfide) groups is 1. The van der Waals surface area contributed by atoms with Crippen molar-refractivity contribution >= 4 is 86.0 Å². The van der Waals surface area contributed by atoms with Crippen molar-refractivity contribution in [2.24, 2.45) is 0 Å². The summed E-state index contributed by atoms with van der Waals surface area (Å²) >= 11 is 3.92. The van der Waals surface area contributed by atoms with Gasteiger partial charge in [0.25, 0.3) is 0 Å². The number of allylic oxidation sites excluding steroid dienone is 5. The molecule has 1 aromatic heterocycles. The Morgan fingerprint density at radius 1 is 0.706 bits per heavy atom. The lowest BCUT2D eigenvalue weighted by molar-refractivity contribution is 0.839. The average Bonchev–Trinajstić information content (AvgIpc) is 3.84. The Bertz CT molecular complexity index is 2690. The van der Waals surface area contributed by atoms with Gasteiger partial charge in [0.15, 0.2) is 0 Å². The Kier molecular flexibility index (Phi) is 6.77. The van der Waals surface area contributed by atoms with Gasteiger partial charge in [-0.1, -0.05) is 121 Å². The van der Waals surface area contributed by atoms with Crippen molar-refractivity contribution in [3.8, 4) is 11.1 Å². The monoisotopic (exact) mass is 705 g/mol. The molecule has 0 spiro atoms. The van der Waals surface area contributed by atoms with Crippen LogP contribution in [0.25, 0.3) is 42.9 Å². The maximum Gasteiger partial charge on any atom is 0.101 e. The number of anilines is 3. The molecule has 7 aromatic rings. The fourth-order valence-electron chi connectivity index (χ4n) is 9.13. The second kappa shape index (κ2) is 11.6. The molecule has 11 rings (SSSR count). The van der Waals surface area contributed by atoms with Gasteiger partial charge in [-0.2, -0.15) is 0 Å². The van der Waals surface area contributed by atoms with E-state index >= 15 is 0 Å². The van der Waals surface area contributed by atoms with E-state index in [9.17, 15) is 0 Å². The molecule has 0 N–H and O–H groups in total. The van der Waals surface area contributed by atoms with E-state index in [1.165, 1.54) is 75.5 Å². The molecule has 1 nitrogen and oxygen atoms in total. The van der Waals surface area contributed by atoms with Crippen LogP contribution in [0.15, 0.2) is 155 Å². The second-order valence-corrected chi connectivity index (χ2v) is 19.2. The Labute approximate surface area is 308 Å². The first-order chi connectivity index (χ1) is 25.2. The van der Waals surface area contributed by atoms with Crippen LogP contribution < -0.4 is 10.1 Å². The standard InChI is InChI=1S/C47H35NS2Si/c1-51-44-25-24-39-37-16-5-7-19-42(37)50-47(39)46(44)40-23-21-33(28-45(40)51)48(32-20-22-38-36-15-4-6-18-41(36)49-43(38)27-32)31-13-8-12-30(26-31)35-17-9-11-29-10-2-3-14-34(29)35/h2,4-13,15-23,25-28,39,51H,3,14,24H2,1H3. The van der Waals surface area contributed by atoms with E-state index in [1.54, 1.807) is 20.9 Å². The minimum Gasteiger partial charge on any atom is -0.310 e. The highest BCUT2D eigenvalue weighted by Crippen LogP contribution is 2.57. The summed E-state index contributed by atoms with van der Waals surface area (Å²) in [7, 11) is -1.37. The van der Waals surface area contributed by atoms with Crippen LogP contribution in [0.5, 0.6) is 0 Å². The summed E-state index contributed by atoms with van der Waals surface area (Å²) in [4.78, 5) is 5.54. The summed E-state index contributed by atoms with van der Waals surface area (Å²) in [6.07, 6.45) is 10.5. The Hall–Kier alpha value is -4.87. The van der Waals surface area contributed by atoms with Gasteiger partial charge in [0.2, 0.25) is 0 Å². The summed E-state index contributed by atoms with van der Waals surface area (Å²) in [6, 6.07) is 48.4. The Morgan fingerprint density at radius 2 is 1.53 bits per heavy atom. The van der Waals surface area contributed by atoms with Gasteiger partial charge in [-0.05, 0) is 112 Å². The molecule has 2 aliphatic heterocycles. The zero-order valence-electron chi connectivity index (χ0n) is 28.4. The molecule has 2 unspecified atom stereocenters. The van der Waals surface area contributed by atoms with Crippen LogP contribution in [0, 0.1) is 0 Å². The van der Waals surface area contributed by atoms with Gasteiger partial charge in [-0.15, -0.1) is 11.3 Å². The molecule has 0 bridgehead atoms. The van der Waals surface area contributed by atoms with Crippen LogP contribution >= 0.6 is 23.1 Å². The molecule has 6 aromatic carbocycles. The van der Waals surface area contributed by atoms with Gasteiger partial charge in [0, 0.05) is 53.0 Å². The highest BCUT2D eigenvalue weighted by Gasteiger charge is 2.40. The van der Waals surface area contributed by atoms with Gasteiger partial charge in [0.1, 0.15) is 8.80 Å². The quantitative estimate of drug-likeness (QED) is 0.168. The largest absolute Gasteiger partial charge is 0.310 e. The van der Waals surface area contributed by atoms with Gasteiger partial charge < -0.3 is 4.90 Å². The van der Waals surface area contributed by atoms with E-state index in [-0.39, 0.29) is 0 Å². The number of hydrogen-bond acceptors (Lipinski definition) is 3. The number of thiophene rings is 1. The summed E-state index contributed by atoms with van der Waals surface area (Å²) in [6.45, 7) is 2.55. The number of nitrogens with zero attached hydrogens (tertiary/aromatic N) is 1. The van der Waals surface area contributed by atoms with Crippen LogP contribution in [0.2, 0.25) is 6.55 Å². The van der Waals surface area contributed by atoms with Crippen molar-refractivity contribution in [1.82, 2.24) is 0 Å². The third-order valence-corrected chi connectivity index (χ3v) is 16.8. The van der Waals surface area contributed by atoms with E-state index in [0.29, 0.717) is 5.92 Å². The van der Waals surface area contributed by atoms with E-state index in [2.05, 4.69) is 157 Å². The molecular weight excluding hydrogens is 671 g/mol. The Morgan fingerprint density at radius 3 is 2.51 bits per heavy atom. The zero-order chi connectivity index (χ0) is 33.6. The summed E-state index contributed by atoms with van der Waals surface area (Å²) < 4.78 is 2.67. The fourth-order valence-corrected chi connectivity index (χ4v) is 14.5. The van der Waals surface area contributed by atoms with Crippen LogP contribution in [-0.2, 0) is 6.42 Å². The number of hydrogen-bond donors (Lipinski definition) is 0. The van der Waals surface area contributed by atoms with Gasteiger partial charge >= 0.3 is 0 Å². The van der Waals surface area contributed by atoms with Crippen molar-refractivity contribution in [2.45, 2.75) is 36.6 Å². The predicted molar refractivity (Wildman–Crippen MR) is 224 cm³/mol. The van der Waals surface area contributed by atoms with E-state index < -0.39 is 8.80 Å². The van der Waals surface area contributed by atoms with E-state index in [1.807, 2.05) is 23.1 Å². The third-order valence-electron chi connectivity index (χ3n) is 11.5. The molecule has 0 saturated carbocycles. The highest BCUT2D eigenvalue weighted by atomic mass is 32.2. The first-order valence-electron chi connectivity index (χ1n) is 18.2. The molecule has 244 valence electrons. The van der Waals surface area contributed by atoms with Crippen LogP contribution in [0.4, 0.5) is 17.1 Å². The summed E-state index contributed by atoms with van der Waals surface area (Å²) in [5.74, 6) is 0.503. The van der Waals surface area contributed by atoms with Gasteiger partial charge in [-0.25, -0.2) is 0 Å². The maximum atomic E-state index is 2.61. The van der Waals surface area contributed by atoms with Crippen LogP contribution in [0.3, 0.4) is 0 Å². The normalized spacial score (nSPS) is 18.3. The lowest BCUT2D eigenvalue weighted by Gasteiger charge is -2.27. The third kappa shape index (κ3) is 4.60. The molecule has 4 aliphatic rings. The molecule has 3 heterocycles. The number of benzene rings is 6. The lowest BCUT2D eigenvalue weighted by Crippen LogP contribution is -2.25. The SMILES string of the molecule is C[SiH]1C2=CCC3C(=C2c2ccc(N(c4cccc(-c5cccc6c5CCC=C6)c4)c4ccc5c(c4)sc4ccccc45)cc21)Sc1ccccc13. The van der Waals surface area contributed by atoms with Crippen molar-refractivity contribution in [3.05, 3.63) is 172 Å². The van der Waals surface area contributed by atoms with Gasteiger partial charge in [0.05, 0.1) is 0 Å². The molecule has 4 heteroatoms. The predicted octanol–water partition coefficient (Wildman–Crippen LogP) is 12.7. The zero-order valence-corrected chi connectivity index (χ0v) is 31.2. The van der Waals surface area contributed by atoms with Crippen LogP contribution in [-0.4, -0.2) is 8.80 Å². The van der Waals surface area contributed by atoms with E-state index in [4.69, 9.17) is 0 Å². The molecule has 0 radical (unpaired) electrons. The highest BCUT2D eigenvalue weighted by molar-refractivity contribution is 8.03. The number of rotatable bonds is 4. The van der Waals surface area contributed by atoms with Crippen molar-refractivity contribution in [3.63, 3.8) is 0 Å². The topological polar surface area (TPSA) is 3.24 Å². The molecular formula is C47H35NS2Si. The first kappa shape index (κ1) is 29.8. The minimum atomic E-state index is -1.37.